The highest BCUT2D eigenvalue weighted by Crippen LogP contribution is 2.28. The zero-order valence-electron chi connectivity index (χ0n) is 17.3. The summed E-state index contributed by atoms with van der Waals surface area (Å²) >= 11 is 0. The van der Waals surface area contributed by atoms with E-state index in [9.17, 15) is 9.59 Å². The average Bonchev–Trinajstić information content (AvgIpc) is 3.55. The summed E-state index contributed by atoms with van der Waals surface area (Å²) in [4.78, 5) is 28.3. The highest BCUT2D eigenvalue weighted by molar-refractivity contribution is 5.95. The van der Waals surface area contributed by atoms with Crippen molar-refractivity contribution >= 4 is 11.8 Å². The maximum atomic E-state index is 13.4. The molecule has 30 heavy (non-hydrogen) atoms. The quantitative estimate of drug-likeness (QED) is 0.621. The summed E-state index contributed by atoms with van der Waals surface area (Å²) in [6, 6.07) is 6.20. The van der Waals surface area contributed by atoms with Crippen molar-refractivity contribution in [2.45, 2.75) is 69.9 Å². The lowest BCUT2D eigenvalue weighted by atomic mass is 9.96. The second kappa shape index (κ2) is 9.83. The third-order valence-electron chi connectivity index (χ3n) is 6.13. The van der Waals surface area contributed by atoms with Crippen LogP contribution < -0.4 is 5.32 Å². The van der Waals surface area contributed by atoms with Crippen molar-refractivity contribution in [3.05, 3.63) is 60.0 Å². The summed E-state index contributed by atoms with van der Waals surface area (Å²) in [5, 5.41) is 3.15. The molecule has 1 atom stereocenters. The predicted octanol–water partition coefficient (Wildman–Crippen LogP) is 5.01. The third-order valence-corrected chi connectivity index (χ3v) is 6.13. The van der Waals surface area contributed by atoms with Crippen LogP contribution in [0.5, 0.6) is 0 Å². The van der Waals surface area contributed by atoms with Gasteiger partial charge in [-0.3, -0.25) is 9.59 Å². The molecular weight excluding hydrogens is 380 g/mol. The van der Waals surface area contributed by atoms with Gasteiger partial charge in [-0.2, -0.15) is 0 Å². The van der Waals surface area contributed by atoms with Gasteiger partial charge in [-0.25, -0.2) is 0 Å². The molecule has 0 spiro atoms. The molecular formula is C24H30N2O4. The number of nitrogens with one attached hydrogen (secondary N) is 1. The normalized spacial score (nSPS) is 18.1. The van der Waals surface area contributed by atoms with Crippen molar-refractivity contribution in [1.29, 1.82) is 0 Å². The van der Waals surface area contributed by atoms with E-state index in [0.29, 0.717) is 12.3 Å². The minimum Gasteiger partial charge on any atom is -0.467 e. The van der Waals surface area contributed by atoms with Crippen LogP contribution in [0, 0.1) is 0 Å². The highest BCUT2D eigenvalue weighted by atomic mass is 16.3. The van der Waals surface area contributed by atoms with Crippen LogP contribution in [0.15, 0.2) is 57.3 Å². The van der Waals surface area contributed by atoms with E-state index in [1.807, 2.05) is 0 Å². The topological polar surface area (TPSA) is 75.7 Å². The number of hydrogen-bond acceptors (Lipinski definition) is 4. The molecule has 0 bridgehead atoms. The molecule has 1 unspecified atom stereocenters. The van der Waals surface area contributed by atoms with Gasteiger partial charge in [-0.05, 0) is 69.2 Å². The molecule has 1 N–H and O–H groups in total. The molecule has 2 heterocycles. The Morgan fingerprint density at radius 2 is 1.87 bits per heavy atom. The lowest BCUT2D eigenvalue weighted by Crippen LogP contribution is -2.46. The maximum absolute atomic E-state index is 13.4. The van der Waals surface area contributed by atoms with Gasteiger partial charge in [0.25, 0.3) is 11.8 Å². The third kappa shape index (κ3) is 4.86. The van der Waals surface area contributed by atoms with E-state index >= 15 is 0 Å². The Balaban J connectivity index is 1.60. The van der Waals surface area contributed by atoms with Crippen LogP contribution in [-0.4, -0.2) is 29.3 Å². The first-order chi connectivity index (χ1) is 14.7. The fourth-order valence-corrected chi connectivity index (χ4v) is 4.51. The zero-order valence-corrected chi connectivity index (χ0v) is 17.3. The van der Waals surface area contributed by atoms with Crippen LogP contribution in [0.3, 0.4) is 0 Å². The monoisotopic (exact) mass is 410 g/mol. The Labute approximate surface area is 177 Å². The molecule has 6 heteroatoms. The van der Waals surface area contributed by atoms with Gasteiger partial charge in [0.05, 0.1) is 12.5 Å². The number of carbonyl (C=O) groups excluding carboxylic acids is 2. The van der Waals surface area contributed by atoms with Crippen LogP contribution >= 0.6 is 0 Å². The first kappa shape index (κ1) is 20.5. The Hall–Kier alpha value is -2.76. The van der Waals surface area contributed by atoms with Gasteiger partial charge in [0.2, 0.25) is 0 Å². The van der Waals surface area contributed by atoms with Crippen molar-refractivity contribution in [2.24, 2.45) is 0 Å². The molecule has 2 aliphatic rings. The van der Waals surface area contributed by atoms with E-state index in [0.717, 1.165) is 44.9 Å². The molecule has 2 aliphatic carbocycles. The first-order valence-corrected chi connectivity index (χ1v) is 11.1. The molecule has 0 radical (unpaired) electrons. The van der Waals surface area contributed by atoms with Crippen LogP contribution in [0.4, 0.5) is 0 Å². The molecule has 1 saturated carbocycles. The van der Waals surface area contributed by atoms with Gasteiger partial charge in [-0.15, -0.1) is 0 Å². The fourth-order valence-electron chi connectivity index (χ4n) is 4.51. The second-order valence-corrected chi connectivity index (χ2v) is 8.24. The van der Waals surface area contributed by atoms with Gasteiger partial charge in [0.15, 0.2) is 11.8 Å². The summed E-state index contributed by atoms with van der Waals surface area (Å²) in [6.45, 7) is 0.439. The summed E-state index contributed by atoms with van der Waals surface area (Å²) in [5.41, 5.74) is 1.35. The van der Waals surface area contributed by atoms with E-state index in [-0.39, 0.29) is 23.6 Å². The summed E-state index contributed by atoms with van der Waals surface area (Å²) < 4.78 is 11.0. The number of nitrogens with zero attached hydrogens (tertiary/aromatic N) is 1. The van der Waals surface area contributed by atoms with Crippen LogP contribution in [0.2, 0.25) is 0 Å². The maximum Gasteiger partial charge on any atom is 0.290 e. The van der Waals surface area contributed by atoms with Crippen molar-refractivity contribution in [3.8, 4) is 0 Å². The SMILES string of the molecule is O=C(NC1CCCC1)C(c1ccco1)N(CCC1=CCCCC1)C(=O)c1ccco1. The lowest BCUT2D eigenvalue weighted by molar-refractivity contribution is -0.127. The van der Waals surface area contributed by atoms with Crippen molar-refractivity contribution in [3.63, 3.8) is 0 Å². The number of hydrogen-bond donors (Lipinski definition) is 1. The van der Waals surface area contributed by atoms with E-state index in [1.54, 1.807) is 35.4 Å². The van der Waals surface area contributed by atoms with E-state index in [2.05, 4.69) is 11.4 Å². The molecule has 0 aliphatic heterocycles. The molecule has 160 valence electrons. The van der Waals surface area contributed by atoms with Crippen LogP contribution in [0.1, 0.15) is 80.1 Å². The lowest BCUT2D eigenvalue weighted by Gasteiger charge is -2.30. The summed E-state index contributed by atoms with van der Waals surface area (Å²) in [5.74, 6) is 0.231. The second-order valence-electron chi connectivity index (χ2n) is 8.24. The summed E-state index contributed by atoms with van der Waals surface area (Å²) in [7, 11) is 0. The average molecular weight is 411 g/mol. The molecule has 2 aromatic heterocycles. The molecule has 0 saturated heterocycles. The van der Waals surface area contributed by atoms with Crippen molar-refractivity contribution in [2.75, 3.05) is 6.54 Å². The first-order valence-electron chi connectivity index (χ1n) is 11.1. The number of rotatable bonds is 8. The Kier molecular flexibility index (Phi) is 6.72. The van der Waals surface area contributed by atoms with Gasteiger partial charge < -0.3 is 19.1 Å². The Bertz CT molecular complexity index is 848. The number of furan rings is 2. The number of carbonyl (C=O) groups is 2. The van der Waals surface area contributed by atoms with Crippen LogP contribution in [-0.2, 0) is 4.79 Å². The molecule has 1 fully saturated rings. The minimum atomic E-state index is -0.817. The van der Waals surface area contributed by atoms with Gasteiger partial charge in [0.1, 0.15) is 5.76 Å². The molecule has 6 nitrogen and oxygen atoms in total. The number of amides is 2. The smallest absolute Gasteiger partial charge is 0.290 e. The fraction of sp³-hybridized carbons (Fsp3) is 0.500. The zero-order chi connectivity index (χ0) is 20.8. The van der Waals surface area contributed by atoms with E-state index in [1.165, 1.54) is 24.7 Å². The highest BCUT2D eigenvalue weighted by Gasteiger charge is 2.36. The largest absolute Gasteiger partial charge is 0.467 e. The van der Waals surface area contributed by atoms with E-state index in [4.69, 9.17) is 8.83 Å². The Morgan fingerprint density at radius 3 is 2.53 bits per heavy atom. The Morgan fingerprint density at radius 1 is 1.07 bits per heavy atom. The predicted molar refractivity (Wildman–Crippen MR) is 113 cm³/mol. The van der Waals surface area contributed by atoms with Gasteiger partial charge in [0, 0.05) is 12.6 Å². The van der Waals surface area contributed by atoms with Crippen molar-refractivity contribution in [1.82, 2.24) is 10.2 Å². The molecule has 2 aromatic rings. The van der Waals surface area contributed by atoms with Gasteiger partial charge in [-0.1, -0.05) is 24.5 Å². The number of allylic oxidation sites excluding steroid dienone is 1. The molecule has 0 aromatic carbocycles. The standard InChI is InChI=1S/C24H30N2O4/c27-23(25-19-10-4-5-11-19)22(20-12-6-16-29-20)26(24(28)21-13-7-17-30-21)15-14-18-8-2-1-3-9-18/h6-8,12-13,16-17,19,22H,1-5,9-11,14-15H2,(H,25,27). The minimum absolute atomic E-state index is 0.163. The summed E-state index contributed by atoms with van der Waals surface area (Å²) in [6.07, 6.45) is 14.8. The van der Waals surface area contributed by atoms with Crippen molar-refractivity contribution < 1.29 is 18.4 Å². The van der Waals surface area contributed by atoms with Crippen LogP contribution in [0.25, 0.3) is 0 Å². The van der Waals surface area contributed by atoms with Gasteiger partial charge >= 0.3 is 0 Å². The van der Waals surface area contributed by atoms with E-state index < -0.39 is 6.04 Å². The molecule has 4 rings (SSSR count). The molecule has 2 amide bonds.